The van der Waals surface area contributed by atoms with Crippen LogP contribution in [0.2, 0.25) is 0 Å². The summed E-state index contributed by atoms with van der Waals surface area (Å²) in [5.74, 6) is 1.75. The number of carbonyl (C=O) groups excluding carboxylic acids is 2. The van der Waals surface area contributed by atoms with Crippen LogP contribution < -0.4 is 15.4 Å². The number of nitrogens with zero attached hydrogens (tertiary/aromatic N) is 1. The molecular formula is C16H21N3O3. The van der Waals surface area contributed by atoms with Crippen LogP contribution >= 0.6 is 0 Å². The highest BCUT2D eigenvalue weighted by Gasteiger charge is 2.18. The fourth-order valence-corrected chi connectivity index (χ4v) is 3.05. The van der Waals surface area contributed by atoms with Crippen molar-refractivity contribution in [1.82, 2.24) is 4.98 Å². The van der Waals surface area contributed by atoms with E-state index in [-0.39, 0.29) is 18.4 Å². The quantitative estimate of drug-likeness (QED) is 0.896. The molecule has 6 heteroatoms. The van der Waals surface area contributed by atoms with Gasteiger partial charge in [-0.15, -0.1) is 0 Å². The number of hydrogen-bond acceptors (Lipinski definition) is 4. The van der Waals surface area contributed by atoms with Gasteiger partial charge in [-0.2, -0.15) is 0 Å². The normalized spacial score (nSPS) is 18.1. The number of hydrogen-bond donors (Lipinski definition) is 2. The highest BCUT2D eigenvalue weighted by molar-refractivity contribution is 5.95. The molecule has 0 bridgehead atoms. The van der Waals surface area contributed by atoms with Gasteiger partial charge in [0.05, 0.1) is 0 Å². The van der Waals surface area contributed by atoms with E-state index in [0.717, 1.165) is 6.42 Å². The van der Waals surface area contributed by atoms with E-state index in [0.29, 0.717) is 29.7 Å². The van der Waals surface area contributed by atoms with Crippen LogP contribution in [0, 0.1) is 5.92 Å². The molecule has 0 unspecified atom stereocenters. The number of anilines is 2. The summed E-state index contributed by atoms with van der Waals surface area (Å²) in [6.07, 6.45) is 7.86. The lowest BCUT2D eigenvalue weighted by molar-refractivity contribution is -0.118. The molecule has 0 radical (unpaired) electrons. The first-order valence-electron chi connectivity index (χ1n) is 7.94. The molecule has 1 aliphatic heterocycles. The summed E-state index contributed by atoms with van der Waals surface area (Å²) in [5.41, 5.74) is 0. The molecule has 118 valence electrons. The zero-order valence-electron chi connectivity index (χ0n) is 12.6. The van der Waals surface area contributed by atoms with E-state index in [4.69, 9.17) is 4.74 Å². The minimum absolute atomic E-state index is 0.00176. The molecule has 1 saturated carbocycles. The summed E-state index contributed by atoms with van der Waals surface area (Å²) < 4.78 is 5.24. The fraction of sp³-hybridized carbons (Fsp3) is 0.562. The third kappa shape index (κ3) is 3.75. The Morgan fingerprint density at radius 1 is 1.32 bits per heavy atom. The van der Waals surface area contributed by atoms with Crippen LogP contribution in [0.3, 0.4) is 0 Å². The maximum atomic E-state index is 12.0. The van der Waals surface area contributed by atoms with E-state index in [2.05, 4.69) is 15.6 Å². The molecule has 1 fully saturated rings. The van der Waals surface area contributed by atoms with Gasteiger partial charge >= 0.3 is 0 Å². The molecule has 0 saturated heterocycles. The van der Waals surface area contributed by atoms with Gasteiger partial charge in [0.1, 0.15) is 5.82 Å². The third-order valence-electron chi connectivity index (χ3n) is 4.25. The molecule has 2 N–H and O–H groups in total. The van der Waals surface area contributed by atoms with Gasteiger partial charge in [0.15, 0.2) is 18.2 Å². The predicted octanol–water partition coefficient (Wildman–Crippen LogP) is 2.71. The number of pyridine rings is 1. The Morgan fingerprint density at radius 2 is 2.14 bits per heavy atom. The molecule has 2 heterocycles. The van der Waals surface area contributed by atoms with Crippen molar-refractivity contribution in [3.8, 4) is 5.75 Å². The topological polar surface area (TPSA) is 80.3 Å². The van der Waals surface area contributed by atoms with E-state index < -0.39 is 0 Å². The molecule has 0 atom stereocenters. The van der Waals surface area contributed by atoms with Gasteiger partial charge in [-0.1, -0.05) is 32.1 Å². The Balaban J connectivity index is 1.52. The SMILES string of the molecule is O=C(CCC1CCCCC1)Nc1ccc2c(n1)NC(=O)CO2. The van der Waals surface area contributed by atoms with Crippen molar-refractivity contribution in [3.63, 3.8) is 0 Å². The summed E-state index contributed by atoms with van der Waals surface area (Å²) in [7, 11) is 0. The number of amides is 2. The first-order chi connectivity index (χ1) is 10.7. The number of nitrogens with one attached hydrogen (secondary N) is 2. The lowest BCUT2D eigenvalue weighted by Gasteiger charge is -2.21. The first kappa shape index (κ1) is 14.8. The summed E-state index contributed by atoms with van der Waals surface area (Å²) >= 11 is 0. The molecule has 1 aromatic rings. The van der Waals surface area contributed by atoms with E-state index >= 15 is 0 Å². The van der Waals surface area contributed by atoms with E-state index in [1.807, 2.05) is 0 Å². The summed E-state index contributed by atoms with van der Waals surface area (Å²) in [5, 5.41) is 5.42. The van der Waals surface area contributed by atoms with Gasteiger partial charge in [0.2, 0.25) is 5.91 Å². The Hall–Kier alpha value is -2.11. The molecular weight excluding hydrogens is 282 g/mol. The van der Waals surface area contributed by atoms with Gasteiger partial charge < -0.3 is 15.4 Å². The van der Waals surface area contributed by atoms with Crippen LogP contribution in [0.4, 0.5) is 11.6 Å². The standard InChI is InChI=1S/C16H21N3O3/c20-14(9-6-11-4-2-1-3-5-11)17-13-8-7-12-16(18-13)19-15(21)10-22-12/h7-8,11H,1-6,9-10H2,(H2,17,18,19,20,21). The molecule has 6 nitrogen and oxygen atoms in total. The fourth-order valence-electron chi connectivity index (χ4n) is 3.05. The van der Waals surface area contributed by atoms with Crippen LogP contribution in [0.25, 0.3) is 0 Å². The second-order valence-electron chi connectivity index (χ2n) is 5.97. The Kier molecular flexibility index (Phi) is 4.56. The first-order valence-corrected chi connectivity index (χ1v) is 7.94. The average Bonchev–Trinajstić information content (AvgIpc) is 2.53. The Labute approximate surface area is 129 Å². The molecule has 2 aliphatic rings. The smallest absolute Gasteiger partial charge is 0.263 e. The van der Waals surface area contributed by atoms with Crippen LogP contribution in [-0.4, -0.2) is 23.4 Å². The molecule has 0 spiro atoms. The minimum Gasteiger partial charge on any atom is -0.480 e. The van der Waals surface area contributed by atoms with Gasteiger partial charge in [-0.25, -0.2) is 4.98 Å². The highest BCUT2D eigenvalue weighted by atomic mass is 16.5. The summed E-state index contributed by atoms with van der Waals surface area (Å²) in [4.78, 5) is 27.5. The van der Waals surface area contributed by atoms with Crippen molar-refractivity contribution in [2.75, 3.05) is 17.2 Å². The number of ether oxygens (including phenoxy) is 1. The monoisotopic (exact) mass is 303 g/mol. The van der Waals surface area contributed by atoms with Crippen LogP contribution in [0.1, 0.15) is 44.9 Å². The predicted molar refractivity (Wildman–Crippen MR) is 82.8 cm³/mol. The highest BCUT2D eigenvalue weighted by Crippen LogP contribution is 2.28. The van der Waals surface area contributed by atoms with Crippen LogP contribution in [0.5, 0.6) is 5.75 Å². The van der Waals surface area contributed by atoms with Crippen LogP contribution in [0.15, 0.2) is 12.1 Å². The number of aromatic nitrogens is 1. The van der Waals surface area contributed by atoms with Crippen molar-refractivity contribution in [3.05, 3.63) is 12.1 Å². The molecule has 3 rings (SSSR count). The number of rotatable bonds is 4. The molecule has 0 aromatic carbocycles. The summed E-state index contributed by atoms with van der Waals surface area (Å²) in [6.45, 7) is 0.00176. The number of carbonyl (C=O) groups is 2. The van der Waals surface area contributed by atoms with E-state index in [1.54, 1.807) is 12.1 Å². The third-order valence-corrected chi connectivity index (χ3v) is 4.25. The largest absolute Gasteiger partial charge is 0.480 e. The minimum atomic E-state index is -0.235. The van der Waals surface area contributed by atoms with Crippen LogP contribution in [-0.2, 0) is 9.59 Å². The maximum absolute atomic E-state index is 12.0. The van der Waals surface area contributed by atoms with Gasteiger partial charge in [0, 0.05) is 6.42 Å². The second kappa shape index (κ2) is 6.77. The Bertz CT molecular complexity index is 568. The van der Waals surface area contributed by atoms with Crippen molar-refractivity contribution in [2.45, 2.75) is 44.9 Å². The molecule has 2 amide bonds. The lowest BCUT2D eigenvalue weighted by atomic mass is 9.86. The Morgan fingerprint density at radius 3 is 2.95 bits per heavy atom. The zero-order chi connectivity index (χ0) is 15.4. The van der Waals surface area contributed by atoms with Crippen molar-refractivity contribution in [1.29, 1.82) is 0 Å². The van der Waals surface area contributed by atoms with Crippen molar-refractivity contribution < 1.29 is 14.3 Å². The molecule has 22 heavy (non-hydrogen) atoms. The van der Waals surface area contributed by atoms with E-state index in [1.165, 1.54) is 32.1 Å². The average molecular weight is 303 g/mol. The summed E-state index contributed by atoms with van der Waals surface area (Å²) in [6, 6.07) is 3.40. The molecule has 1 aromatic heterocycles. The lowest BCUT2D eigenvalue weighted by Crippen LogP contribution is -2.26. The van der Waals surface area contributed by atoms with Crippen molar-refractivity contribution >= 4 is 23.5 Å². The van der Waals surface area contributed by atoms with Gasteiger partial charge in [-0.3, -0.25) is 9.59 Å². The second-order valence-corrected chi connectivity index (χ2v) is 5.97. The maximum Gasteiger partial charge on any atom is 0.263 e. The van der Waals surface area contributed by atoms with Crippen molar-refractivity contribution in [2.24, 2.45) is 5.92 Å². The van der Waals surface area contributed by atoms with Gasteiger partial charge in [-0.05, 0) is 24.5 Å². The molecule has 1 aliphatic carbocycles. The van der Waals surface area contributed by atoms with E-state index in [9.17, 15) is 9.59 Å². The number of fused-ring (bicyclic) bond motifs is 1. The van der Waals surface area contributed by atoms with Gasteiger partial charge in [0.25, 0.3) is 5.91 Å². The zero-order valence-corrected chi connectivity index (χ0v) is 12.6.